The Hall–Kier alpha value is -2.40. The molecule has 2 heterocycles. The van der Waals surface area contributed by atoms with Crippen LogP contribution >= 0.6 is 0 Å². The van der Waals surface area contributed by atoms with Gasteiger partial charge in [0.2, 0.25) is 0 Å². The van der Waals surface area contributed by atoms with E-state index in [-0.39, 0.29) is 11.8 Å². The molecule has 0 unspecified atom stereocenters. The Bertz CT molecular complexity index is 859. The van der Waals surface area contributed by atoms with Gasteiger partial charge in [0.15, 0.2) is 0 Å². The summed E-state index contributed by atoms with van der Waals surface area (Å²) in [6, 6.07) is 15.3. The molecule has 2 fully saturated rings. The summed E-state index contributed by atoms with van der Waals surface area (Å²) in [5.74, 6) is 0.977. The SMILES string of the molecule is C[C@@H]1CCCN(Cc2ccc(N(C)C(=O)N3CCC(c4ccc(F)cc4)CC3)cc2)C1. The highest BCUT2D eigenvalue weighted by Crippen LogP contribution is 2.29. The quantitative estimate of drug-likeness (QED) is 0.650. The summed E-state index contributed by atoms with van der Waals surface area (Å²) >= 11 is 0. The number of rotatable bonds is 4. The number of carbonyl (C=O) groups is 1. The summed E-state index contributed by atoms with van der Waals surface area (Å²) in [5, 5.41) is 0. The van der Waals surface area contributed by atoms with Crippen molar-refractivity contribution in [3.05, 3.63) is 65.5 Å². The highest BCUT2D eigenvalue weighted by Gasteiger charge is 2.26. The predicted octanol–water partition coefficient (Wildman–Crippen LogP) is 5.49. The Morgan fingerprint density at radius 2 is 1.68 bits per heavy atom. The first-order chi connectivity index (χ1) is 15.0. The number of hydrogen-bond acceptors (Lipinski definition) is 2. The molecule has 5 heteroatoms. The van der Waals surface area contributed by atoms with Gasteiger partial charge in [0.05, 0.1) is 0 Å². The van der Waals surface area contributed by atoms with Gasteiger partial charge in [0, 0.05) is 38.9 Å². The highest BCUT2D eigenvalue weighted by atomic mass is 19.1. The van der Waals surface area contributed by atoms with Gasteiger partial charge in [-0.1, -0.05) is 31.2 Å². The van der Waals surface area contributed by atoms with Gasteiger partial charge < -0.3 is 4.90 Å². The molecule has 2 aliphatic rings. The molecular weight excluding hydrogens is 389 g/mol. The van der Waals surface area contributed by atoms with Crippen LogP contribution in [0.25, 0.3) is 0 Å². The van der Waals surface area contributed by atoms with Crippen molar-refractivity contribution < 1.29 is 9.18 Å². The third-order valence-electron chi connectivity index (χ3n) is 6.86. The van der Waals surface area contributed by atoms with Crippen LogP contribution in [-0.2, 0) is 6.54 Å². The van der Waals surface area contributed by atoms with Gasteiger partial charge in [-0.3, -0.25) is 9.80 Å². The maximum absolute atomic E-state index is 13.2. The van der Waals surface area contributed by atoms with E-state index in [9.17, 15) is 9.18 Å². The average molecular weight is 424 g/mol. The van der Waals surface area contributed by atoms with Crippen LogP contribution in [0.4, 0.5) is 14.9 Å². The van der Waals surface area contributed by atoms with Gasteiger partial charge in [-0.05, 0) is 79.5 Å². The number of amides is 2. The topological polar surface area (TPSA) is 26.8 Å². The second-order valence-corrected chi connectivity index (χ2v) is 9.30. The molecule has 2 aliphatic heterocycles. The van der Waals surface area contributed by atoms with E-state index < -0.39 is 0 Å². The molecular formula is C26H34FN3O. The lowest BCUT2D eigenvalue weighted by Crippen LogP contribution is -2.45. The minimum atomic E-state index is -0.200. The standard InChI is InChI=1S/C26H34FN3O/c1-20-4-3-15-29(18-20)19-21-5-11-25(12-6-21)28(2)26(31)30-16-13-23(14-17-30)22-7-9-24(27)10-8-22/h5-12,20,23H,3-4,13-19H2,1-2H3/t20-/m1/s1. The third kappa shape index (κ3) is 5.45. The molecule has 2 aromatic carbocycles. The van der Waals surface area contributed by atoms with Gasteiger partial charge in [0.1, 0.15) is 5.82 Å². The van der Waals surface area contributed by atoms with Crippen molar-refractivity contribution in [1.29, 1.82) is 0 Å². The van der Waals surface area contributed by atoms with E-state index in [0.717, 1.165) is 44.1 Å². The van der Waals surface area contributed by atoms with Gasteiger partial charge >= 0.3 is 6.03 Å². The van der Waals surface area contributed by atoms with E-state index in [2.05, 4.69) is 36.1 Å². The zero-order valence-electron chi connectivity index (χ0n) is 18.8. The lowest BCUT2D eigenvalue weighted by Gasteiger charge is -2.35. The van der Waals surface area contributed by atoms with Crippen molar-refractivity contribution in [1.82, 2.24) is 9.80 Å². The molecule has 0 spiro atoms. The molecule has 1 atom stereocenters. The number of piperidine rings is 2. The fourth-order valence-electron chi connectivity index (χ4n) is 4.98. The molecule has 0 radical (unpaired) electrons. The van der Waals surface area contributed by atoms with E-state index >= 15 is 0 Å². The maximum atomic E-state index is 13.2. The minimum Gasteiger partial charge on any atom is -0.324 e. The Morgan fingerprint density at radius 1 is 1.00 bits per heavy atom. The number of nitrogens with zero attached hydrogens (tertiary/aromatic N) is 3. The van der Waals surface area contributed by atoms with E-state index in [1.807, 2.05) is 24.1 Å². The van der Waals surface area contributed by atoms with Crippen molar-refractivity contribution in [2.75, 3.05) is 38.1 Å². The summed E-state index contributed by atoms with van der Waals surface area (Å²) in [5.41, 5.74) is 3.40. The van der Waals surface area contributed by atoms with Crippen LogP contribution in [0.5, 0.6) is 0 Å². The van der Waals surface area contributed by atoms with Crippen LogP contribution in [-0.4, -0.2) is 49.1 Å². The summed E-state index contributed by atoms with van der Waals surface area (Å²) in [6.45, 7) is 7.14. The number of halogens is 1. The van der Waals surface area contributed by atoms with Gasteiger partial charge in [-0.15, -0.1) is 0 Å². The number of urea groups is 1. The van der Waals surface area contributed by atoms with Crippen LogP contribution in [0.2, 0.25) is 0 Å². The largest absolute Gasteiger partial charge is 0.324 e. The first kappa shape index (κ1) is 21.8. The second-order valence-electron chi connectivity index (χ2n) is 9.30. The van der Waals surface area contributed by atoms with Crippen molar-refractivity contribution in [3.8, 4) is 0 Å². The molecule has 0 aliphatic carbocycles. The molecule has 4 rings (SSSR count). The fourth-order valence-corrected chi connectivity index (χ4v) is 4.98. The first-order valence-corrected chi connectivity index (χ1v) is 11.6. The molecule has 0 saturated carbocycles. The normalized spacial score (nSPS) is 20.6. The molecule has 2 amide bonds. The number of carbonyl (C=O) groups excluding carboxylic acids is 1. The van der Waals surface area contributed by atoms with Gasteiger partial charge in [0.25, 0.3) is 0 Å². The van der Waals surface area contributed by atoms with E-state index in [0.29, 0.717) is 5.92 Å². The second kappa shape index (κ2) is 9.82. The van der Waals surface area contributed by atoms with Crippen LogP contribution in [0, 0.1) is 11.7 Å². The van der Waals surface area contributed by atoms with E-state index in [1.165, 1.54) is 49.2 Å². The van der Waals surface area contributed by atoms with Crippen LogP contribution < -0.4 is 4.90 Å². The molecule has 31 heavy (non-hydrogen) atoms. The molecule has 0 N–H and O–H groups in total. The van der Waals surface area contributed by atoms with Crippen LogP contribution in [0.1, 0.15) is 49.7 Å². The van der Waals surface area contributed by atoms with Crippen molar-refractivity contribution in [2.45, 2.75) is 45.1 Å². The molecule has 0 bridgehead atoms. The summed E-state index contributed by atoms with van der Waals surface area (Å²) in [7, 11) is 1.86. The Kier molecular flexibility index (Phi) is 6.91. The zero-order chi connectivity index (χ0) is 21.8. The fraction of sp³-hybridized carbons (Fsp3) is 0.500. The monoisotopic (exact) mass is 423 g/mol. The number of benzene rings is 2. The first-order valence-electron chi connectivity index (χ1n) is 11.6. The number of likely N-dealkylation sites (tertiary alicyclic amines) is 2. The third-order valence-corrected chi connectivity index (χ3v) is 6.86. The zero-order valence-corrected chi connectivity index (χ0v) is 18.8. The van der Waals surface area contributed by atoms with Crippen LogP contribution in [0.3, 0.4) is 0 Å². The Labute approximate surface area is 185 Å². The van der Waals surface area contributed by atoms with Crippen molar-refractivity contribution >= 4 is 11.7 Å². The van der Waals surface area contributed by atoms with Gasteiger partial charge in [-0.25, -0.2) is 9.18 Å². The molecule has 4 nitrogen and oxygen atoms in total. The lowest BCUT2D eigenvalue weighted by molar-refractivity contribution is 0.176. The summed E-state index contributed by atoms with van der Waals surface area (Å²) < 4.78 is 13.2. The van der Waals surface area contributed by atoms with Gasteiger partial charge in [-0.2, -0.15) is 0 Å². The van der Waals surface area contributed by atoms with E-state index in [4.69, 9.17) is 0 Å². The molecule has 0 aromatic heterocycles. The summed E-state index contributed by atoms with van der Waals surface area (Å²) in [4.78, 5) is 19.2. The molecule has 166 valence electrons. The molecule has 2 saturated heterocycles. The van der Waals surface area contributed by atoms with Crippen molar-refractivity contribution in [2.24, 2.45) is 5.92 Å². The Balaban J connectivity index is 1.30. The van der Waals surface area contributed by atoms with Crippen LogP contribution in [0.15, 0.2) is 48.5 Å². The maximum Gasteiger partial charge on any atom is 0.324 e. The number of hydrogen-bond donors (Lipinski definition) is 0. The average Bonchev–Trinajstić information content (AvgIpc) is 2.79. The summed E-state index contributed by atoms with van der Waals surface area (Å²) in [6.07, 6.45) is 4.45. The number of anilines is 1. The van der Waals surface area contributed by atoms with E-state index in [1.54, 1.807) is 4.90 Å². The Morgan fingerprint density at radius 3 is 2.32 bits per heavy atom. The minimum absolute atomic E-state index is 0.0511. The van der Waals surface area contributed by atoms with Crippen molar-refractivity contribution in [3.63, 3.8) is 0 Å². The smallest absolute Gasteiger partial charge is 0.324 e. The molecule has 2 aromatic rings. The lowest BCUT2D eigenvalue weighted by atomic mass is 9.89. The highest BCUT2D eigenvalue weighted by molar-refractivity contribution is 5.91. The predicted molar refractivity (Wildman–Crippen MR) is 124 cm³/mol.